The van der Waals surface area contributed by atoms with Crippen LogP contribution in [0.3, 0.4) is 0 Å². The van der Waals surface area contributed by atoms with Crippen molar-refractivity contribution >= 4 is 19.3 Å². The Bertz CT molecular complexity index is 239. The Balaban J connectivity index is 0.000000148. The van der Waals surface area contributed by atoms with Crippen LogP contribution in [-0.4, -0.2) is 17.7 Å². The fourth-order valence-electron chi connectivity index (χ4n) is 0.743. The Kier molecular flexibility index (Phi) is 2.32. The summed E-state index contributed by atoms with van der Waals surface area (Å²) in [4.78, 5) is 0. The predicted molar refractivity (Wildman–Crippen MR) is 42.0 cm³/mol. The zero-order valence-electron chi connectivity index (χ0n) is 5.21. The summed E-state index contributed by atoms with van der Waals surface area (Å²) in [6.45, 7) is 0. The highest BCUT2D eigenvalue weighted by atomic mass is 35.5. The van der Waals surface area contributed by atoms with Gasteiger partial charge in [0.1, 0.15) is 0 Å². The molecule has 0 aliphatic heterocycles. The van der Waals surface area contributed by atoms with Gasteiger partial charge in [0.15, 0.2) is 0 Å². The number of rotatable bonds is 0. The molecular formula is C6H6BClO2. The van der Waals surface area contributed by atoms with E-state index in [0.29, 0.717) is 0 Å². The van der Waals surface area contributed by atoms with E-state index in [-0.39, 0.29) is 0 Å². The van der Waals surface area contributed by atoms with Gasteiger partial charge in [-0.25, -0.2) is 0 Å². The molecule has 52 valence electrons. The van der Waals surface area contributed by atoms with Crippen LogP contribution in [0.5, 0.6) is 0 Å². The lowest BCUT2D eigenvalue weighted by molar-refractivity contribution is 0.448. The molecule has 0 aromatic carbocycles. The van der Waals surface area contributed by atoms with Crippen LogP contribution in [0.1, 0.15) is 0 Å². The molecular weight excluding hydrogens is 150 g/mol. The minimum atomic E-state index is -0.750. The van der Waals surface area contributed by atoms with Crippen molar-refractivity contribution in [3.8, 4) is 11.1 Å². The van der Waals surface area contributed by atoms with E-state index in [1.54, 1.807) is 0 Å². The summed E-state index contributed by atoms with van der Waals surface area (Å²) in [6, 6.07) is 6.05. The second kappa shape index (κ2) is 3.06. The van der Waals surface area contributed by atoms with Gasteiger partial charge in [0.05, 0.1) is 0 Å². The highest BCUT2D eigenvalue weighted by Crippen LogP contribution is 2.39. The Morgan fingerprint density at radius 1 is 1.30 bits per heavy atom. The summed E-state index contributed by atoms with van der Waals surface area (Å²) in [7, 11) is -0.750. The lowest BCUT2D eigenvalue weighted by atomic mass is 9.94. The van der Waals surface area contributed by atoms with Crippen LogP contribution in [-0.2, 0) is 0 Å². The molecule has 4 heteroatoms. The summed E-state index contributed by atoms with van der Waals surface area (Å²) in [5.74, 6) is 0. The minimum absolute atomic E-state index is 0.750. The third-order valence-electron chi connectivity index (χ3n) is 1.28. The largest absolute Gasteiger partial charge is 0.432 e. The maximum Gasteiger partial charge on any atom is 0.432 e. The molecule has 2 nitrogen and oxygen atoms in total. The quantitative estimate of drug-likeness (QED) is 0.547. The SMILES string of the molecule is Clc1cc2ccc1-2.OBO. The average Bonchev–Trinajstić information content (AvgIpc) is 1.84. The zero-order valence-corrected chi connectivity index (χ0v) is 5.97. The van der Waals surface area contributed by atoms with Crippen molar-refractivity contribution in [1.82, 2.24) is 0 Å². The van der Waals surface area contributed by atoms with Gasteiger partial charge >= 0.3 is 7.69 Å². The number of hydrogen-bond donors (Lipinski definition) is 2. The van der Waals surface area contributed by atoms with Crippen LogP contribution in [0.25, 0.3) is 11.1 Å². The van der Waals surface area contributed by atoms with Gasteiger partial charge in [-0.15, -0.1) is 0 Å². The van der Waals surface area contributed by atoms with Crippen LogP contribution in [0.15, 0.2) is 18.2 Å². The molecule has 10 heavy (non-hydrogen) atoms. The molecule has 0 radical (unpaired) electrons. The van der Waals surface area contributed by atoms with E-state index in [4.69, 9.17) is 21.6 Å². The average molecular weight is 156 g/mol. The standard InChI is InChI=1S/C6H3Cl.BH3O2/c7-6-3-4-1-2-5(4)6;2-1-3/h1-3H;1-3H. The van der Waals surface area contributed by atoms with Crippen LogP contribution in [0.2, 0.25) is 5.02 Å². The second-order valence-corrected chi connectivity index (χ2v) is 2.24. The van der Waals surface area contributed by atoms with E-state index < -0.39 is 7.69 Å². The van der Waals surface area contributed by atoms with E-state index in [9.17, 15) is 0 Å². The monoisotopic (exact) mass is 156 g/mol. The van der Waals surface area contributed by atoms with Crippen molar-refractivity contribution in [2.45, 2.75) is 0 Å². The summed E-state index contributed by atoms with van der Waals surface area (Å²) < 4.78 is 0. The summed E-state index contributed by atoms with van der Waals surface area (Å²) in [6.07, 6.45) is 0. The van der Waals surface area contributed by atoms with Crippen molar-refractivity contribution in [1.29, 1.82) is 0 Å². The molecule has 0 fully saturated rings. The molecule has 0 spiro atoms. The van der Waals surface area contributed by atoms with Gasteiger partial charge in [-0.2, -0.15) is 0 Å². The van der Waals surface area contributed by atoms with Gasteiger partial charge in [0.25, 0.3) is 0 Å². The normalized spacial score (nSPS) is 9.50. The number of hydrogen-bond acceptors (Lipinski definition) is 2. The van der Waals surface area contributed by atoms with Gasteiger partial charge in [-0.05, 0) is 11.6 Å². The molecule has 0 heterocycles. The van der Waals surface area contributed by atoms with Crippen LogP contribution in [0, 0.1) is 0 Å². The molecule has 2 aliphatic carbocycles. The summed E-state index contributed by atoms with van der Waals surface area (Å²) >= 11 is 5.60. The van der Waals surface area contributed by atoms with Crippen molar-refractivity contribution in [3.05, 3.63) is 23.2 Å². The van der Waals surface area contributed by atoms with E-state index in [1.807, 2.05) is 12.1 Å². The summed E-state index contributed by atoms with van der Waals surface area (Å²) in [5, 5.41) is 15.2. The first kappa shape index (κ1) is 7.60. The Hall–Kier alpha value is -0.505. The maximum atomic E-state index is 7.12. The molecule has 2 N–H and O–H groups in total. The van der Waals surface area contributed by atoms with Gasteiger partial charge in [-0.1, -0.05) is 23.7 Å². The number of fused-ring (bicyclic) bond motifs is 1. The third kappa shape index (κ3) is 1.16. The lowest BCUT2D eigenvalue weighted by Gasteiger charge is -2.15. The van der Waals surface area contributed by atoms with E-state index >= 15 is 0 Å². The Morgan fingerprint density at radius 2 is 1.90 bits per heavy atom. The minimum Gasteiger partial charge on any atom is -0.430 e. The fraction of sp³-hybridized carbons (Fsp3) is 0. The maximum absolute atomic E-state index is 7.12. The van der Waals surface area contributed by atoms with E-state index in [0.717, 1.165) is 5.02 Å². The Morgan fingerprint density at radius 3 is 1.90 bits per heavy atom. The Labute approximate surface area is 64.4 Å². The van der Waals surface area contributed by atoms with E-state index in [1.165, 1.54) is 11.1 Å². The zero-order chi connectivity index (χ0) is 7.56. The molecule has 2 rings (SSSR count). The van der Waals surface area contributed by atoms with Gasteiger partial charge in [0, 0.05) is 10.6 Å². The van der Waals surface area contributed by atoms with E-state index in [2.05, 4.69) is 6.07 Å². The molecule has 0 unspecified atom stereocenters. The number of halogens is 1. The molecule has 0 aromatic heterocycles. The van der Waals surface area contributed by atoms with Crippen LogP contribution in [0.4, 0.5) is 0 Å². The molecule has 0 amide bonds. The first-order valence-corrected chi connectivity index (χ1v) is 3.19. The molecule has 0 aromatic rings. The highest BCUT2D eigenvalue weighted by Gasteiger charge is 2.13. The fourth-order valence-corrected chi connectivity index (χ4v) is 1.03. The van der Waals surface area contributed by atoms with Crippen molar-refractivity contribution < 1.29 is 10.0 Å². The molecule has 0 saturated heterocycles. The molecule has 0 bridgehead atoms. The van der Waals surface area contributed by atoms with Crippen molar-refractivity contribution in [2.75, 3.05) is 0 Å². The van der Waals surface area contributed by atoms with Crippen molar-refractivity contribution in [3.63, 3.8) is 0 Å². The first-order valence-electron chi connectivity index (χ1n) is 2.81. The third-order valence-corrected chi connectivity index (χ3v) is 1.59. The van der Waals surface area contributed by atoms with Gasteiger partial charge in [-0.3, -0.25) is 0 Å². The van der Waals surface area contributed by atoms with Crippen LogP contribution < -0.4 is 0 Å². The lowest BCUT2D eigenvalue weighted by Crippen LogP contribution is -1.89. The molecule has 2 aliphatic rings. The number of benzene rings is 1. The van der Waals surface area contributed by atoms with Gasteiger partial charge in [0.2, 0.25) is 0 Å². The topological polar surface area (TPSA) is 40.5 Å². The first-order chi connectivity index (χ1) is 4.79. The van der Waals surface area contributed by atoms with Gasteiger partial charge < -0.3 is 10.0 Å². The highest BCUT2D eigenvalue weighted by molar-refractivity contribution is 6.35. The van der Waals surface area contributed by atoms with Crippen LogP contribution >= 0.6 is 11.6 Å². The molecule has 0 saturated carbocycles. The summed E-state index contributed by atoms with van der Waals surface area (Å²) in [5.41, 5.74) is 2.55. The predicted octanol–water partition coefficient (Wildman–Crippen LogP) is 0.558. The smallest absolute Gasteiger partial charge is 0.430 e. The second-order valence-electron chi connectivity index (χ2n) is 1.84. The molecule has 0 atom stereocenters. The van der Waals surface area contributed by atoms with Crippen molar-refractivity contribution in [2.24, 2.45) is 0 Å².